The van der Waals surface area contributed by atoms with E-state index in [2.05, 4.69) is 15.9 Å². The van der Waals surface area contributed by atoms with Gasteiger partial charge in [0.05, 0.1) is 7.11 Å². The number of aromatic carboxylic acids is 1. The molecule has 5 nitrogen and oxygen atoms in total. The van der Waals surface area contributed by atoms with Crippen LogP contribution in [-0.4, -0.2) is 29.8 Å². The second-order valence-electron chi connectivity index (χ2n) is 5.25. The first kappa shape index (κ1) is 17.2. The highest BCUT2D eigenvalue weighted by Crippen LogP contribution is 2.28. The lowest BCUT2D eigenvalue weighted by Crippen LogP contribution is -2.22. The molecular weight excluding hydrogens is 340 g/mol. The Morgan fingerprint density at radius 3 is 2.38 bits per heavy atom. The number of carbonyl (C=O) groups excluding carboxylic acids is 1. The van der Waals surface area contributed by atoms with E-state index in [1.54, 1.807) is 20.8 Å². The van der Waals surface area contributed by atoms with Crippen molar-refractivity contribution in [2.75, 3.05) is 7.11 Å². The van der Waals surface area contributed by atoms with Gasteiger partial charge in [-0.2, -0.15) is 0 Å². The maximum absolute atomic E-state index is 11.6. The van der Waals surface area contributed by atoms with E-state index in [4.69, 9.17) is 14.6 Å². The highest BCUT2D eigenvalue weighted by atomic mass is 79.9. The first-order valence-electron chi connectivity index (χ1n) is 6.16. The van der Waals surface area contributed by atoms with E-state index >= 15 is 0 Å². The normalized spacial score (nSPS) is 11.5. The lowest BCUT2D eigenvalue weighted by atomic mass is 10.1. The Labute approximate surface area is 131 Å². The van der Waals surface area contributed by atoms with Crippen LogP contribution < -0.4 is 4.74 Å². The van der Waals surface area contributed by atoms with Gasteiger partial charge in [0.2, 0.25) is 0 Å². The molecule has 0 aliphatic carbocycles. The van der Waals surface area contributed by atoms with Gasteiger partial charge < -0.3 is 14.6 Å². The molecule has 1 aromatic rings. The van der Waals surface area contributed by atoms with Gasteiger partial charge in [-0.3, -0.25) is 0 Å². The van der Waals surface area contributed by atoms with Crippen LogP contribution in [0.5, 0.6) is 5.75 Å². The summed E-state index contributed by atoms with van der Waals surface area (Å²) >= 11 is 3.27. The zero-order valence-corrected chi connectivity index (χ0v) is 13.9. The summed E-state index contributed by atoms with van der Waals surface area (Å²) in [6, 6.07) is 2.96. The second-order valence-corrected chi connectivity index (χ2v) is 6.10. The fourth-order valence-corrected chi connectivity index (χ4v) is 2.00. The number of methoxy groups -OCH3 is 1. The number of carboxylic acid groups (broad SMARTS) is 1. The van der Waals surface area contributed by atoms with E-state index in [9.17, 15) is 9.59 Å². The predicted octanol–water partition coefficient (Wildman–Crippen LogP) is 3.51. The van der Waals surface area contributed by atoms with Gasteiger partial charge in [0.15, 0.2) is 0 Å². The fraction of sp³-hybridized carbons (Fsp3) is 0.333. The van der Waals surface area contributed by atoms with Crippen molar-refractivity contribution in [2.24, 2.45) is 0 Å². The maximum atomic E-state index is 11.6. The summed E-state index contributed by atoms with van der Waals surface area (Å²) in [6.07, 6.45) is 2.82. The molecule has 0 aliphatic rings. The summed E-state index contributed by atoms with van der Waals surface area (Å²) in [5.41, 5.74) is 0.0882. The van der Waals surface area contributed by atoms with Crippen molar-refractivity contribution in [3.63, 3.8) is 0 Å². The zero-order valence-electron chi connectivity index (χ0n) is 12.3. The first-order valence-corrected chi connectivity index (χ1v) is 6.95. The van der Waals surface area contributed by atoms with E-state index in [1.165, 1.54) is 31.4 Å². The molecular formula is C15H17BrO5. The summed E-state index contributed by atoms with van der Waals surface area (Å²) in [6.45, 7) is 5.33. The number of esters is 1. The van der Waals surface area contributed by atoms with Crippen LogP contribution in [0.4, 0.5) is 0 Å². The molecule has 0 amide bonds. The molecule has 6 heteroatoms. The Morgan fingerprint density at radius 1 is 1.29 bits per heavy atom. The van der Waals surface area contributed by atoms with Crippen molar-refractivity contribution in [1.29, 1.82) is 0 Å². The van der Waals surface area contributed by atoms with Crippen LogP contribution >= 0.6 is 15.9 Å². The van der Waals surface area contributed by atoms with Crippen molar-refractivity contribution in [3.8, 4) is 5.75 Å². The molecule has 0 bridgehead atoms. The molecule has 0 saturated heterocycles. The van der Waals surface area contributed by atoms with Crippen LogP contribution in [0.25, 0.3) is 6.08 Å². The molecule has 0 unspecified atom stereocenters. The third-order valence-electron chi connectivity index (χ3n) is 2.35. The van der Waals surface area contributed by atoms with E-state index < -0.39 is 17.5 Å². The molecule has 0 aliphatic heterocycles. The van der Waals surface area contributed by atoms with Crippen LogP contribution in [0.15, 0.2) is 22.7 Å². The summed E-state index contributed by atoms with van der Waals surface area (Å²) in [5, 5.41) is 9.06. The summed E-state index contributed by atoms with van der Waals surface area (Å²) < 4.78 is 10.7. The quantitative estimate of drug-likeness (QED) is 0.660. The number of rotatable bonds is 4. The van der Waals surface area contributed by atoms with Crippen LogP contribution in [0.3, 0.4) is 0 Å². The predicted molar refractivity (Wildman–Crippen MR) is 82.5 cm³/mol. The van der Waals surface area contributed by atoms with Crippen LogP contribution in [0.2, 0.25) is 0 Å². The Kier molecular flexibility index (Phi) is 5.54. The molecule has 1 aromatic carbocycles. The van der Waals surface area contributed by atoms with E-state index in [1.807, 2.05) is 0 Å². The third-order valence-corrected chi connectivity index (χ3v) is 3.04. The van der Waals surface area contributed by atoms with Crippen LogP contribution in [-0.2, 0) is 9.53 Å². The number of halogens is 1. The number of benzene rings is 1. The second kappa shape index (κ2) is 6.76. The average molecular weight is 357 g/mol. The van der Waals surface area contributed by atoms with Gasteiger partial charge in [-0.1, -0.05) is 15.9 Å². The largest absolute Gasteiger partial charge is 0.496 e. The molecule has 1 N–H and O–H groups in total. The molecule has 21 heavy (non-hydrogen) atoms. The zero-order chi connectivity index (χ0) is 16.2. The van der Waals surface area contributed by atoms with E-state index in [0.717, 1.165) is 0 Å². The van der Waals surface area contributed by atoms with Gasteiger partial charge in [0.1, 0.15) is 16.9 Å². The molecule has 0 atom stereocenters. The molecule has 114 valence electrons. The molecule has 0 radical (unpaired) electrons. The van der Waals surface area contributed by atoms with Gasteiger partial charge in [-0.25, -0.2) is 9.59 Å². The fourth-order valence-electron chi connectivity index (χ4n) is 1.53. The maximum Gasteiger partial charge on any atom is 0.339 e. The number of carboxylic acids is 1. The van der Waals surface area contributed by atoms with E-state index in [0.29, 0.717) is 10.0 Å². The Bertz CT molecular complexity index is 584. The molecule has 0 spiro atoms. The van der Waals surface area contributed by atoms with Crippen molar-refractivity contribution in [1.82, 2.24) is 0 Å². The average Bonchev–Trinajstić information content (AvgIpc) is 2.34. The molecule has 1 rings (SSSR count). The molecule has 0 heterocycles. The topological polar surface area (TPSA) is 72.8 Å². The van der Waals surface area contributed by atoms with E-state index in [-0.39, 0.29) is 11.3 Å². The SMILES string of the molecule is COc1cc(C=CC(=O)OC(C)(C)C)c(Br)cc1C(=O)O. The van der Waals surface area contributed by atoms with Gasteiger partial charge in [-0.05, 0) is 44.5 Å². The number of hydrogen-bond donors (Lipinski definition) is 1. The number of hydrogen-bond acceptors (Lipinski definition) is 4. The number of carbonyl (C=O) groups is 2. The summed E-state index contributed by atoms with van der Waals surface area (Å²) in [7, 11) is 1.39. The molecule has 0 saturated carbocycles. The Hall–Kier alpha value is -1.82. The molecule has 0 aromatic heterocycles. The Balaban J connectivity index is 3.04. The minimum absolute atomic E-state index is 0.0405. The van der Waals surface area contributed by atoms with Gasteiger partial charge >= 0.3 is 11.9 Å². The van der Waals surface area contributed by atoms with Crippen LogP contribution in [0, 0.1) is 0 Å². The van der Waals surface area contributed by atoms with Crippen LogP contribution in [0.1, 0.15) is 36.7 Å². The van der Waals surface area contributed by atoms with Crippen molar-refractivity contribution in [2.45, 2.75) is 26.4 Å². The standard InChI is InChI=1S/C15H17BrO5/c1-15(2,3)21-13(17)6-5-9-7-12(20-4)10(14(18)19)8-11(9)16/h5-8H,1-4H3,(H,18,19). The Morgan fingerprint density at radius 2 is 1.90 bits per heavy atom. The highest BCUT2D eigenvalue weighted by Gasteiger charge is 2.15. The minimum Gasteiger partial charge on any atom is -0.496 e. The van der Waals surface area contributed by atoms with Crippen molar-refractivity contribution < 1.29 is 24.2 Å². The number of ether oxygens (including phenoxy) is 2. The minimum atomic E-state index is -1.09. The van der Waals surface area contributed by atoms with Gasteiger partial charge in [0, 0.05) is 10.5 Å². The third kappa shape index (κ3) is 5.23. The lowest BCUT2D eigenvalue weighted by Gasteiger charge is -2.18. The summed E-state index contributed by atoms with van der Waals surface area (Å²) in [5.74, 6) is -1.35. The van der Waals surface area contributed by atoms with Gasteiger partial charge in [0.25, 0.3) is 0 Å². The molecule has 0 fully saturated rings. The lowest BCUT2D eigenvalue weighted by molar-refractivity contribution is -0.148. The monoisotopic (exact) mass is 356 g/mol. The highest BCUT2D eigenvalue weighted by molar-refractivity contribution is 9.10. The van der Waals surface area contributed by atoms with Gasteiger partial charge in [-0.15, -0.1) is 0 Å². The summed E-state index contributed by atoms with van der Waals surface area (Å²) in [4.78, 5) is 22.7. The first-order chi connectivity index (χ1) is 9.64. The van der Waals surface area contributed by atoms with Crippen molar-refractivity contribution in [3.05, 3.63) is 33.8 Å². The van der Waals surface area contributed by atoms with Crippen molar-refractivity contribution >= 4 is 33.9 Å². The smallest absolute Gasteiger partial charge is 0.339 e.